The number of nitrogens with one attached hydrogen (secondary N) is 1. The SMILES string of the molecule is Cc1ccc(NC(=O)COc2ccc(/C=C3\SC(=S)N(c4ccc(F)cc4)C3=O)cc2Cl)c(C)c1. The van der Waals surface area contributed by atoms with Gasteiger partial charge >= 0.3 is 0 Å². The van der Waals surface area contributed by atoms with E-state index in [2.05, 4.69) is 5.32 Å². The van der Waals surface area contributed by atoms with Gasteiger partial charge in [-0.25, -0.2) is 4.39 Å². The molecule has 0 atom stereocenters. The lowest BCUT2D eigenvalue weighted by atomic mass is 10.1. The predicted molar refractivity (Wildman–Crippen MR) is 144 cm³/mol. The minimum absolute atomic E-state index is 0.206. The molecule has 9 heteroatoms. The summed E-state index contributed by atoms with van der Waals surface area (Å²) < 4.78 is 19.2. The zero-order valence-corrected chi connectivity index (χ0v) is 21.2. The Bertz CT molecular complexity index is 1360. The van der Waals surface area contributed by atoms with Crippen LogP contribution in [0, 0.1) is 19.7 Å². The number of amides is 2. The van der Waals surface area contributed by atoms with Crippen LogP contribution in [0.4, 0.5) is 15.8 Å². The molecule has 3 aromatic rings. The van der Waals surface area contributed by atoms with E-state index in [-0.39, 0.29) is 18.4 Å². The van der Waals surface area contributed by atoms with E-state index in [9.17, 15) is 14.0 Å². The summed E-state index contributed by atoms with van der Waals surface area (Å²) in [5.74, 6) is -0.652. The Balaban J connectivity index is 1.41. The van der Waals surface area contributed by atoms with Crippen molar-refractivity contribution in [2.45, 2.75) is 13.8 Å². The average molecular weight is 527 g/mol. The number of hydrogen-bond donors (Lipinski definition) is 1. The van der Waals surface area contributed by atoms with Crippen LogP contribution in [0.1, 0.15) is 16.7 Å². The zero-order chi connectivity index (χ0) is 25.1. The minimum Gasteiger partial charge on any atom is -0.482 e. The Labute approximate surface area is 216 Å². The second kappa shape index (κ2) is 10.6. The molecule has 178 valence electrons. The third-order valence-corrected chi connectivity index (χ3v) is 6.74. The van der Waals surface area contributed by atoms with Gasteiger partial charge in [0.05, 0.1) is 15.6 Å². The van der Waals surface area contributed by atoms with Crippen LogP contribution in [0.2, 0.25) is 5.02 Å². The second-order valence-electron chi connectivity index (χ2n) is 7.84. The second-order valence-corrected chi connectivity index (χ2v) is 9.92. The van der Waals surface area contributed by atoms with E-state index in [0.717, 1.165) is 28.6 Å². The molecular weight excluding hydrogens is 507 g/mol. The first-order valence-electron chi connectivity index (χ1n) is 10.5. The summed E-state index contributed by atoms with van der Waals surface area (Å²) in [6, 6.07) is 16.3. The van der Waals surface area contributed by atoms with Gasteiger partial charge in [-0.3, -0.25) is 14.5 Å². The van der Waals surface area contributed by atoms with Crippen molar-refractivity contribution < 1.29 is 18.7 Å². The number of thioether (sulfide) groups is 1. The van der Waals surface area contributed by atoms with Gasteiger partial charge in [-0.05, 0) is 73.5 Å². The molecule has 4 rings (SSSR count). The highest BCUT2D eigenvalue weighted by Gasteiger charge is 2.33. The largest absolute Gasteiger partial charge is 0.482 e. The molecule has 0 aromatic heterocycles. The van der Waals surface area contributed by atoms with Gasteiger partial charge in [0.1, 0.15) is 11.6 Å². The van der Waals surface area contributed by atoms with Crippen LogP contribution >= 0.6 is 35.6 Å². The monoisotopic (exact) mass is 526 g/mol. The average Bonchev–Trinajstić information content (AvgIpc) is 3.08. The van der Waals surface area contributed by atoms with E-state index in [1.807, 2.05) is 32.0 Å². The minimum atomic E-state index is -0.394. The van der Waals surface area contributed by atoms with Gasteiger partial charge < -0.3 is 10.1 Å². The van der Waals surface area contributed by atoms with E-state index in [0.29, 0.717) is 31.2 Å². The molecule has 35 heavy (non-hydrogen) atoms. The Morgan fingerprint density at radius 1 is 1.14 bits per heavy atom. The summed E-state index contributed by atoms with van der Waals surface area (Å²) in [5, 5.41) is 3.12. The van der Waals surface area contributed by atoms with Gasteiger partial charge in [-0.15, -0.1) is 0 Å². The van der Waals surface area contributed by atoms with E-state index in [4.69, 9.17) is 28.6 Å². The maximum atomic E-state index is 13.2. The van der Waals surface area contributed by atoms with Crippen LogP contribution < -0.4 is 15.0 Å². The van der Waals surface area contributed by atoms with E-state index >= 15 is 0 Å². The molecule has 0 spiro atoms. The van der Waals surface area contributed by atoms with Crippen molar-refractivity contribution >= 4 is 69.2 Å². The van der Waals surface area contributed by atoms with Crippen molar-refractivity contribution in [1.29, 1.82) is 0 Å². The summed E-state index contributed by atoms with van der Waals surface area (Å²) >= 11 is 12.8. The van der Waals surface area contributed by atoms with Crippen molar-refractivity contribution in [3.63, 3.8) is 0 Å². The van der Waals surface area contributed by atoms with Crippen LogP contribution in [0.3, 0.4) is 0 Å². The first-order chi connectivity index (χ1) is 16.7. The van der Waals surface area contributed by atoms with Crippen molar-refractivity contribution in [2.75, 3.05) is 16.8 Å². The van der Waals surface area contributed by atoms with Gasteiger partial charge in [0.15, 0.2) is 10.9 Å². The fraction of sp³-hybridized carbons (Fsp3) is 0.115. The lowest BCUT2D eigenvalue weighted by Gasteiger charge is -2.14. The fourth-order valence-corrected chi connectivity index (χ4v) is 4.98. The quantitative estimate of drug-likeness (QED) is 0.293. The normalized spacial score (nSPS) is 14.5. The van der Waals surface area contributed by atoms with Crippen molar-refractivity contribution in [3.05, 3.63) is 93.1 Å². The molecule has 1 aliphatic rings. The Hall–Kier alpha value is -3.20. The molecule has 0 saturated carbocycles. The first kappa shape index (κ1) is 24.9. The molecule has 0 unspecified atom stereocenters. The number of hydrogen-bond acceptors (Lipinski definition) is 5. The summed E-state index contributed by atoms with van der Waals surface area (Å²) in [6.45, 7) is 3.70. The molecular formula is C26H20ClFN2O3S2. The number of nitrogens with zero attached hydrogens (tertiary/aromatic N) is 1. The van der Waals surface area contributed by atoms with Crippen LogP contribution in [-0.4, -0.2) is 22.7 Å². The molecule has 1 aliphatic heterocycles. The molecule has 1 heterocycles. The van der Waals surface area contributed by atoms with Crippen molar-refractivity contribution in [3.8, 4) is 5.75 Å². The third kappa shape index (κ3) is 5.90. The topological polar surface area (TPSA) is 58.6 Å². The molecule has 5 nitrogen and oxygen atoms in total. The van der Waals surface area contributed by atoms with Gasteiger partial charge in [0.2, 0.25) is 0 Å². The predicted octanol–water partition coefficient (Wildman–Crippen LogP) is 6.52. The molecule has 1 saturated heterocycles. The maximum Gasteiger partial charge on any atom is 0.270 e. The number of thiocarbonyl (C=S) groups is 1. The number of carbonyl (C=O) groups is 2. The van der Waals surface area contributed by atoms with Crippen LogP contribution in [0.5, 0.6) is 5.75 Å². The molecule has 1 N–H and O–H groups in total. The summed E-state index contributed by atoms with van der Waals surface area (Å²) in [6.07, 6.45) is 1.67. The van der Waals surface area contributed by atoms with Crippen molar-refractivity contribution in [1.82, 2.24) is 0 Å². The summed E-state index contributed by atoms with van der Waals surface area (Å²) in [5.41, 5.74) is 3.97. The van der Waals surface area contributed by atoms with Crippen molar-refractivity contribution in [2.24, 2.45) is 0 Å². The molecule has 0 bridgehead atoms. The number of ether oxygens (including phenoxy) is 1. The van der Waals surface area contributed by atoms with E-state index in [1.165, 1.54) is 29.2 Å². The first-order valence-corrected chi connectivity index (χ1v) is 12.1. The number of anilines is 2. The van der Waals surface area contributed by atoms with Gasteiger partial charge in [-0.1, -0.05) is 59.3 Å². The summed E-state index contributed by atoms with van der Waals surface area (Å²) in [4.78, 5) is 27.0. The number of rotatable bonds is 6. The van der Waals surface area contributed by atoms with Gasteiger partial charge in [0.25, 0.3) is 11.8 Å². The molecule has 0 aliphatic carbocycles. The molecule has 2 amide bonds. The fourth-order valence-electron chi connectivity index (χ4n) is 3.44. The number of halogens is 2. The smallest absolute Gasteiger partial charge is 0.270 e. The standard InChI is InChI=1S/C26H20ClFN2O3S2/c1-15-3-9-21(16(2)11-15)29-24(31)14-33-22-10-4-17(12-20(22)27)13-23-25(32)30(26(34)35-23)19-7-5-18(28)6-8-19/h3-13H,14H2,1-2H3,(H,29,31)/b23-13-. The lowest BCUT2D eigenvalue weighted by molar-refractivity contribution is -0.118. The van der Waals surface area contributed by atoms with E-state index in [1.54, 1.807) is 24.3 Å². The highest BCUT2D eigenvalue weighted by Crippen LogP contribution is 2.37. The lowest BCUT2D eigenvalue weighted by Crippen LogP contribution is -2.27. The summed E-state index contributed by atoms with van der Waals surface area (Å²) in [7, 11) is 0. The molecule has 0 radical (unpaired) electrons. The number of benzene rings is 3. The molecule has 3 aromatic carbocycles. The van der Waals surface area contributed by atoms with Gasteiger partial charge in [0, 0.05) is 5.69 Å². The number of aryl methyl sites for hydroxylation is 2. The van der Waals surface area contributed by atoms with Gasteiger partial charge in [-0.2, -0.15) is 0 Å². The highest BCUT2D eigenvalue weighted by molar-refractivity contribution is 8.27. The zero-order valence-electron chi connectivity index (χ0n) is 18.8. The van der Waals surface area contributed by atoms with E-state index < -0.39 is 5.82 Å². The Morgan fingerprint density at radius 3 is 2.57 bits per heavy atom. The Kier molecular flexibility index (Phi) is 7.54. The van der Waals surface area contributed by atoms with Crippen LogP contribution in [0.15, 0.2) is 65.6 Å². The third-order valence-electron chi connectivity index (χ3n) is 5.15. The molecule has 1 fully saturated rings. The van der Waals surface area contributed by atoms with Crippen LogP contribution in [-0.2, 0) is 9.59 Å². The maximum absolute atomic E-state index is 13.2. The Morgan fingerprint density at radius 2 is 1.89 bits per heavy atom. The highest BCUT2D eigenvalue weighted by atomic mass is 35.5. The number of carbonyl (C=O) groups excluding carboxylic acids is 2. The van der Waals surface area contributed by atoms with Crippen LogP contribution in [0.25, 0.3) is 6.08 Å².